The lowest BCUT2D eigenvalue weighted by atomic mass is 10.0. The van der Waals surface area contributed by atoms with Crippen molar-refractivity contribution in [3.05, 3.63) is 83.8 Å². The summed E-state index contributed by atoms with van der Waals surface area (Å²) in [5.74, 6) is -1.03. The minimum atomic E-state index is -1.03. The maximum absolute atomic E-state index is 11.2. The lowest BCUT2D eigenvalue weighted by Crippen LogP contribution is -2.03. The average Bonchev–Trinajstić information content (AvgIpc) is 3.06. The smallest absolute Gasteiger partial charge is 0.354 e. The molecule has 0 aliphatic carbocycles. The predicted octanol–water partition coefficient (Wildman–Crippen LogP) is 3.73. The molecule has 0 unspecified atom stereocenters. The summed E-state index contributed by atoms with van der Waals surface area (Å²) < 4.78 is 1.85. The van der Waals surface area contributed by atoms with E-state index in [0.717, 1.165) is 28.0 Å². The van der Waals surface area contributed by atoms with Gasteiger partial charge in [0.1, 0.15) is 5.69 Å². The molecule has 0 saturated heterocycles. The number of fused-ring (bicyclic) bond motifs is 1. The Morgan fingerprint density at radius 2 is 1.89 bits per heavy atom. The summed E-state index contributed by atoms with van der Waals surface area (Å²) in [7, 11) is 1.87. The fraction of sp³-hybridized carbons (Fsp3) is 0.0952. The molecule has 27 heavy (non-hydrogen) atoms. The molecular formula is C21H18N4O2. The number of rotatable bonds is 5. The molecule has 0 amide bonds. The summed E-state index contributed by atoms with van der Waals surface area (Å²) in [4.78, 5) is 15.5. The van der Waals surface area contributed by atoms with Crippen molar-refractivity contribution in [1.82, 2.24) is 14.6 Å². The SMILES string of the molecule is CNc1ccc2c(Cc3cccc(C(=O)O)n3)c(-c3ccccc3)nn2c1. The molecule has 3 aromatic heterocycles. The van der Waals surface area contributed by atoms with E-state index in [4.69, 9.17) is 5.10 Å². The van der Waals surface area contributed by atoms with Crippen LogP contribution in [0.15, 0.2) is 66.9 Å². The van der Waals surface area contributed by atoms with Gasteiger partial charge < -0.3 is 10.4 Å². The number of benzene rings is 1. The van der Waals surface area contributed by atoms with Crippen molar-refractivity contribution in [2.45, 2.75) is 6.42 Å². The van der Waals surface area contributed by atoms with E-state index in [1.165, 1.54) is 6.07 Å². The van der Waals surface area contributed by atoms with Gasteiger partial charge in [0, 0.05) is 30.3 Å². The standard InChI is InChI=1S/C21H18N4O2/c1-22-16-10-11-19-17(12-15-8-5-9-18(23-15)21(26)27)20(24-25(19)13-16)14-6-3-2-4-7-14/h2-11,13,22H,12H2,1H3,(H,26,27). The van der Waals surface area contributed by atoms with Gasteiger partial charge in [0.15, 0.2) is 0 Å². The second kappa shape index (κ2) is 6.92. The summed E-state index contributed by atoms with van der Waals surface area (Å²) in [6, 6.07) is 19.0. The Morgan fingerprint density at radius 1 is 1.07 bits per heavy atom. The van der Waals surface area contributed by atoms with Crippen LogP contribution in [0.4, 0.5) is 5.69 Å². The van der Waals surface area contributed by atoms with Crippen molar-refractivity contribution in [3.63, 3.8) is 0 Å². The van der Waals surface area contributed by atoms with Crippen molar-refractivity contribution in [2.75, 3.05) is 12.4 Å². The molecule has 4 aromatic rings. The van der Waals surface area contributed by atoms with E-state index in [9.17, 15) is 9.90 Å². The van der Waals surface area contributed by atoms with Crippen LogP contribution in [-0.4, -0.2) is 32.7 Å². The Balaban J connectivity index is 1.87. The number of hydrogen-bond donors (Lipinski definition) is 2. The molecule has 0 fully saturated rings. The Labute approximate surface area is 156 Å². The van der Waals surface area contributed by atoms with Crippen molar-refractivity contribution in [3.8, 4) is 11.3 Å². The van der Waals surface area contributed by atoms with E-state index in [1.54, 1.807) is 6.07 Å². The maximum Gasteiger partial charge on any atom is 0.354 e. The van der Waals surface area contributed by atoms with E-state index in [0.29, 0.717) is 12.1 Å². The molecule has 0 aliphatic rings. The van der Waals surface area contributed by atoms with Crippen LogP contribution in [0.25, 0.3) is 16.8 Å². The highest BCUT2D eigenvalue weighted by Gasteiger charge is 2.16. The first-order valence-electron chi connectivity index (χ1n) is 8.59. The minimum Gasteiger partial charge on any atom is -0.477 e. The minimum absolute atomic E-state index is 0.0442. The zero-order valence-corrected chi connectivity index (χ0v) is 14.8. The number of carbonyl (C=O) groups is 1. The molecule has 3 heterocycles. The van der Waals surface area contributed by atoms with E-state index >= 15 is 0 Å². The van der Waals surface area contributed by atoms with E-state index in [1.807, 2.05) is 66.3 Å². The monoisotopic (exact) mass is 358 g/mol. The first-order chi connectivity index (χ1) is 13.2. The van der Waals surface area contributed by atoms with Gasteiger partial charge >= 0.3 is 5.97 Å². The molecule has 0 aliphatic heterocycles. The molecule has 134 valence electrons. The topological polar surface area (TPSA) is 79.5 Å². The first kappa shape index (κ1) is 16.8. The van der Waals surface area contributed by atoms with Gasteiger partial charge in [-0.25, -0.2) is 14.3 Å². The predicted molar refractivity (Wildman–Crippen MR) is 104 cm³/mol. The molecule has 6 heteroatoms. The highest BCUT2D eigenvalue weighted by molar-refractivity contribution is 5.85. The van der Waals surface area contributed by atoms with Crippen LogP contribution in [0.5, 0.6) is 0 Å². The van der Waals surface area contributed by atoms with Gasteiger partial charge in [0.05, 0.1) is 23.1 Å². The summed E-state index contributed by atoms with van der Waals surface area (Å²) in [6.45, 7) is 0. The van der Waals surface area contributed by atoms with E-state index in [2.05, 4.69) is 10.3 Å². The summed E-state index contributed by atoms with van der Waals surface area (Å²) in [5.41, 5.74) is 5.56. The number of carboxylic acids is 1. The van der Waals surface area contributed by atoms with Gasteiger partial charge in [0.2, 0.25) is 0 Å². The van der Waals surface area contributed by atoms with Gasteiger partial charge in [0.25, 0.3) is 0 Å². The third-order valence-electron chi connectivity index (χ3n) is 4.45. The maximum atomic E-state index is 11.2. The number of carboxylic acid groups (broad SMARTS) is 1. The Hall–Kier alpha value is -3.67. The van der Waals surface area contributed by atoms with Crippen LogP contribution in [0, 0.1) is 0 Å². The number of pyridine rings is 2. The molecule has 0 atom stereocenters. The fourth-order valence-electron chi connectivity index (χ4n) is 3.13. The van der Waals surface area contributed by atoms with E-state index in [-0.39, 0.29) is 5.69 Å². The van der Waals surface area contributed by atoms with Crippen LogP contribution in [0.1, 0.15) is 21.7 Å². The number of aromatic nitrogens is 3. The molecule has 1 aromatic carbocycles. The lowest BCUT2D eigenvalue weighted by Gasteiger charge is -2.05. The van der Waals surface area contributed by atoms with Crippen molar-refractivity contribution in [1.29, 1.82) is 0 Å². The Morgan fingerprint density at radius 3 is 2.63 bits per heavy atom. The molecule has 6 nitrogen and oxygen atoms in total. The van der Waals surface area contributed by atoms with Gasteiger partial charge in [-0.1, -0.05) is 36.4 Å². The number of aromatic carboxylic acids is 1. The number of anilines is 1. The number of hydrogen-bond acceptors (Lipinski definition) is 4. The summed E-state index contributed by atoms with van der Waals surface area (Å²) >= 11 is 0. The summed E-state index contributed by atoms with van der Waals surface area (Å²) in [6.07, 6.45) is 2.43. The molecule has 0 bridgehead atoms. The quantitative estimate of drug-likeness (QED) is 0.568. The molecule has 0 saturated carbocycles. The Kier molecular flexibility index (Phi) is 4.30. The fourth-order valence-corrected chi connectivity index (χ4v) is 3.13. The number of nitrogens with one attached hydrogen (secondary N) is 1. The average molecular weight is 358 g/mol. The number of nitrogens with zero attached hydrogens (tertiary/aromatic N) is 3. The van der Waals surface area contributed by atoms with Crippen LogP contribution >= 0.6 is 0 Å². The van der Waals surface area contributed by atoms with Gasteiger partial charge in [-0.15, -0.1) is 0 Å². The van der Waals surface area contributed by atoms with Crippen LogP contribution in [0.3, 0.4) is 0 Å². The normalized spacial score (nSPS) is 10.9. The van der Waals surface area contributed by atoms with Gasteiger partial charge in [-0.05, 0) is 24.3 Å². The molecule has 4 rings (SSSR count). The van der Waals surface area contributed by atoms with Crippen molar-refractivity contribution >= 4 is 17.2 Å². The molecule has 0 spiro atoms. The largest absolute Gasteiger partial charge is 0.477 e. The lowest BCUT2D eigenvalue weighted by molar-refractivity contribution is 0.0690. The molecule has 0 radical (unpaired) electrons. The van der Waals surface area contributed by atoms with Crippen molar-refractivity contribution in [2.24, 2.45) is 0 Å². The first-order valence-corrected chi connectivity index (χ1v) is 8.59. The highest BCUT2D eigenvalue weighted by Crippen LogP contribution is 2.29. The zero-order chi connectivity index (χ0) is 18.8. The second-order valence-corrected chi connectivity index (χ2v) is 6.19. The third-order valence-corrected chi connectivity index (χ3v) is 4.45. The van der Waals surface area contributed by atoms with Crippen LogP contribution in [-0.2, 0) is 6.42 Å². The van der Waals surface area contributed by atoms with E-state index < -0.39 is 5.97 Å². The van der Waals surface area contributed by atoms with Gasteiger partial charge in [-0.3, -0.25) is 0 Å². The molecular weight excluding hydrogens is 340 g/mol. The molecule has 2 N–H and O–H groups in total. The zero-order valence-electron chi connectivity index (χ0n) is 14.8. The van der Waals surface area contributed by atoms with Crippen LogP contribution in [0.2, 0.25) is 0 Å². The van der Waals surface area contributed by atoms with Gasteiger partial charge in [-0.2, -0.15) is 5.10 Å². The Bertz CT molecular complexity index is 1120. The third kappa shape index (κ3) is 3.25. The highest BCUT2D eigenvalue weighted by atomic mass is 16.4. The second-order valence-electron chi connectivity index (χ2n) is 6.19. The van der Waals surface area contributed by atoms with Crippen LogP contribution < -0.4 is 5.32 Å². The van der Waals surface area contributed by atoms with Crippen molar-refractivity contribution < 1.29 is 9.90 Å². The summed E-state index contributed by atoms with van der Waals surface area (Å²) in [5, 5.41) is 17.1.